The topological polar surface area (TPSA) is 58.4 Å². The van der Waals surface area contributed by atoms with Crippen LogP contribution in [0.4, 0.5) is 0 Å². The predicted molar refractivity (Wildman–Crippen MR) is 95.1 cm³/mol. The van der Waals surface area contributed by atoms with Crippen LogP contribution in [0.5, 0.6) is 0 Å². The van der Waals surface area contributed by atoms with Gasteiger partial charge in [0.1, 0.15) is 0 Å². The molecule has 1 atom stereocenters. The Balaban J connectivity index is 1.91. The molecule has 1 aromatic carbocycles. The van der Waals surface area contributed by atoms with E-state index in [0.717, 1.165) is 17.8 Å². The number of piperazine rings is 1. The summed E-state index contributed by atoms with van der Waals surface area (Å²) >= 11 is 0. The number of rotatable bonds is 3. The third-order valence-electron chi connectivity index (χ3n) is 4.77. The predicted octanol–water partition coefficient (Wildman–Crippen LogP) is 2.26. The van der Waals surface area contributed by atoms with Gasteiger partial charge in [0, 0.05) is 38.8 Å². The summed E-state index contributed by atoms with van der Waals surface area (Å²) in [5, 5.41) is 4.43. The number of hydrogen-bond acceptors (Lipinski definition) is 3. The van der Waals surface area contributed by atoms with E-state index in [9.17, 15) is 9.59 Å². The van der Waals surface area contributed by atoms with Crippen LogP contribution in [0.15, 0.2) is 36.4 Å². The molecular formula is C19H24N4O2. The highest BCUT2D eigenvalue weighted by atomic mass is 16.2. The van der Waals surface area contributed by atoms with Gasteiger partial charge in [-0.3, -0.25) is 14.3 Å². The third kappa shape index (κ3) is 3.43. The molecule has 0 N–H and O–H groups in total. The van der Waals surface area contributed by atoms with Gasteiger partial charge < -0.3 is 9.80 Å². The van der Waals surface area contributed by atoms with E-state index in [1.54, 1.807) is 11.8 Å². The van der Waals surface area contributed by atoms with E-state index in [2.05, 4.69) is 5.10 Å². The van der Waals surface area contributed by atoms with Gasteiger partial charge in [0.25, 0.3) is 5.91 Å². The number of carbonyl (C=O) groups is 2. The number of benzene rings is 1. The lowest BCUT2D eigenvalue weighted by Gasteiger charge is -2.41. The summed E-state index contributed by atoms with van der Waals surface area (Å²) in [5.41, 5.74) is 2.48. The largest absolute Gasteiger partial charge is 0.339 e. The molecule has 1 fully saturated rings. The summed E-state index contributed by atoms with van der Waals surface area (Å²) in [6.45, 7) is 7.85. The van der Waals surface area contributed by atoms with E-state index >= 15 is 0 Å². The minimum atomic E-state index is -0.154. The minimum absolute atomic E-state index is 0.0409. The fourth-order valence-electron chi connectivity index (χ4n) is 3.35. The van der Waals surface area contributed by atoms with Gasteiger partial charge in [-0.15, -0.1) is 0 Å². The third-order valence-corrected chi connectivity index (χ3v) is 4.77. The second kappa shape index (κ2) is 7.09. The van der Waals surface area contributed by atoms with Gasteiger partial charge >= 0.3 is 0 Å². The number of amides is 2. The molecule has 2 aromatic rings. The van der Waals surface area contributed by atoms with Crippen molar-refractivity contribution in [2.45, 2.75) is 33.4 Å². The highest BCUT2D eigenvalue weighted by Gasteiger charge is 2.34. The quantitative estimate of drug-likeness (QED) is 0.861. The highest BCUT2D eigenvalue weighted by Crippen LogP contribution is 2.27. The Kier molecular flexibility index (Phi) is 4.88. The van der Waals surface area contributed by atoms with Crippen LogP contribution >= 0.6 is 0 Å². The lowest BCUT2D eigenvalue weighted by Crippen LogP contribution is -2.52. The normalized spacial score (nSPS) is 17.6. The lowest BCUT2D eigenvalue weighted by molar-refractivity contribution is -0.131. The molecule has 1 aliphatic heterocycles. The Morgan fingerprint density at radius 1 is 1.20 bits per heavy atom. The maximum atomic E-state index is 13.1. The molecule has 2 amide bonds. The molecule has 0 unspecified atom stereocenters. The first-order valence-electron chi connectivity index (χ1n) is 8.67. The van der Waals surface area contributed by atoms with Crippen molar-refractivity contribution < 1.29 is 9.59 Å². The number of carbonyl (C=O) groups excluding carboxylic acids is 2. The molecule has 6 heteroatoms. The van der Waals surface area contributed by atoms with Crippen molar-refractivity contribution in [2.75, 3.05) is 19.6 Å². The van der Waals surface area contributed by atoms with Crippen LogP contribution in [-0.4, -0.2) is 51.0 Å². The van der Waals surface area contributed by atoms with Crippen molar-refractivity contribution in [3.8, 4) is 0 Å². The van der Waals surface area contributed by atoms with E-state index in [-0.39, 0.29) is 17.9 Å². The van der Waals surface area contributed by atoms with Crippen LogP contribution < -0.4 is 0 Å². The molecule has 25 heavy (non-hydrogen) atoms. The molecule has 2 heterocycles. The molecule has 0 saturated carbocycles. The van der Waals surface area contributed by atoms with Crippen LogP contribution in [0.1, 0.15) is 41.6 Å². The number of aromatic nitrogens is 2. The van der Waals surface area contributed by atoms with Gasteiger partial charge in [-0.05, 0) is 25.5 Å². The van der Waals surface area contributed by atoms with Crippen LogP contribution in [-0.2, 0) is 11.3 Å². The number of aryl methyl sites for hydroxylation is 2. The number of nitrogens with zero attached hydrogens (tertiary/aromatic N) is 4. The minimum Gasteiger partial charge on any atom is -0.339 e. The summed E-state index contributed by atoms with van der Waals surface area (Å²) in [5.74, 6) is -0.0357. The van der Waals surface area contributed by atoms with Crippen molar-refractivity contribution in [3.05, 3.63) is 53.3 Å². The molecule has 0 radical (unpaired) electrons. The van der Waals surface area contributed by atoms with Crippen LogP contribution in [0, 0.1) is 6.92 Å². The highest BCUT2D eigenvalue weighted by molar-refractivity contribution is 5.93. The zero-order valence-corrected chi connectivity index (χ0v) is 15.0. The second-order valence-electron chi connectivity index (χ2n) is 6.38. The first-order chi connectivity index (χ1) is 12.0. The van der Waals surface area contributed by atoms with Crippen molar-refractivity contribution >= 4 is 11.8 Å². The Hall–Kier alpha value is -2.63. The number of hydrogen-bond donors (Lipinski definition) is 0. The van der Waals surface area contributed by atoms with Gasteiger partial charge in [0.05, 0.1) is 6.04 Å². The van der Waals surface area contributed by atoms with E-state index in [1.807, 2.05) is 59.8 Å². The molecule has 1 aliphatic rings. The summed E-state index contributed by atoms with van der Waals surface area (Å²) < 4.78 is 1.83. The van der Waals surface area contributed by atoms with Gasteiger partial charge in [-0.1, -0.05) is 30.3 Å². The van der Waals surface area contributed by atoms with Crippen molar-refractivity contribution in [1.82, 2.24) is 19.6 Å². The van der Waals surface area contributed by atoms with E-state index in [4.69, 9.17) is 0 Å². The SMILES string of the molecule is CCn1nc(C(=O)N2CCN(C(C)=O)C[C@@H]2c2ccccc2)cc1C. The Morgan fingerprint density at radius 2 is 1.92 bits per heavy atom. The van der Waals surface area contributed by atoms with E-state index in [1.165, 1.54) is 0 Å². The first kappa shape index (κ1) is 17.2. The van der Waals surface area contributed by atoms with Crippen molar-refractivity contribution in [2.24, 2.45) is 0 Å². The maximum Gasteiger partial charge on any atom is 0.274 e. The average molecular weight is 340 g/mol. The molecule has 0 bridgehead atoms. The smallest absolute Gasteiger partial charge is 0.274 e. The fourth-order valence-corrected chi connectivity index (χ4v) is 3.35. The summed E-state index contributed by atoms with van der Waals surface area (Å²) in [7, 11) is 0. The van der Waals surface area contributed by atoms with Crippen molar-refractivity contribution in [3.63, 3.8) is 0 Å². The van der Waals surface area contributed by atoms with Crippen LogP contribution in [0.2, 0.25) is 0 Å². The molecule has 0 aliphatic carbocycles. The van der Waals surface area contributed by atoms with E-state index in [0.29, 0.717) is 25.3 Å². The van der Waals surface area contributed by atoms with E-state index < -0.39 is 0 Å². The van der Waals surface area contributed by atoms with Gasteiger partial charge in [0.15, 0.2) is 5.69 Å². The Labute approximate surface area is 148 Å². The monoisotopic (exact) mass is 340 g/mol. The summed E-state index contributed by atoms with van der Waals surface area (Å²) in [4.78, 5) is 28.6. The lowest BCUT2D eigenvalue weighted by atomic mass is 10.0. The van der Waals surface area contributed by atoms with Gasteiger partial charge in [0.2, 0.25) is 5.91 Å². The molecule has 1 saturated heterocycles. The zero-order valence-electron chi connectivity index (χ0n) is 15.0. The Bertz CT molecular complexity index is 769. The molecule has 3 rings (SSSR count). The molecule has 1 aromatic heterocycles. The molecular weight excluding hydrogens is 316 g/mol. The molecule has 132 valence electrons. The molecule has 6 nitrogen and oxygen atoms in total. The second-order valence-corrected chi connectivity index (χ2v) is 6.38. The fraction of sp³-hybridized carbons (Fsp3) is 0.421. The van der Waals surface area contributed by atoms with Crippen LogP contribution in [0.3, 0.4) is 0 Å². The first-order valence-corrected chi connectivity index (χ1v) is 8.67. The van der Waals surface area contributed by atoms with Gasteiger partial charge in [-0.25, -0.2) is 0 Å². The summed E-state index contributed by atoms with van der Waals surface area (Å²) in [6.07, 6.45) is 0. The van der Waals surface area contributed by atoms with Gasteiger partial charge in [-0.2, -0.15) is 5.10 Å². The Morgan fingerprint density at radius 3 is 2.52 bits per heavy atom. The van der Waals surface area contributed by atoms with Crippen molar-refractivity contribution in [1.29, 1.82) is 0 Å². The molecule has 0 spiro atoms. The summed E-state index contributed by atoms with van der Waals surface area (Å²) in [6, 6.07) is 11.6. The zero-order chi connectivity index (χ0) is 18.0. The average Bonchev–Trinajstić information content (AvgIpc) is 3.02. The standard InChI is InChI=1S/C19H24N4O2/c1-4-23-14(2)12-17(20-23)19(25)22-11-10-21(15(3)24)13-18(22)16-8-6-5-7-9-16/h5-9,12,18H,4,10-11,13H2,1-3H3/t18-/m1/s1. The van der Waals surface area contributed by atoms with Crippen LogP contribution in [0.25, 0.3) is 0 Å². The maximum absolute atomic E-state index is 13.1.